The molecule has 1 heteroatoms. The Hall–Kier alpha value is -0.0400. The van der Waals surface area contributed by atoms with E-state index in [1.54, 1.807) is 0 Å². The standard InChI is InChI=1S/C18H38O.C3H7/c1-3-5-6-7-8-9-10-11-12-13-14-15-16-18(4-2)17-19;1-3-2/h18-19H,3-17H2,1-2H3;3H,1-2H3. The lowest BCUT2D eigenvalue weighted by Crippen LogP contribution is -2.03. The Labute approximate surface area is 142 Å². The van der Waals surface area contributed by atoms with E-state index in [9.17, 15) is 0 Å². The summed E-state index contributed by atoms with van der Waals surface area (Å²) in [6.07, 6.45) is 21.3. The normalized spacial score (nSPS) is 11.9. The average Bonchev–Trinajstić information content (AvgIpc) is 2.53. The van der Waals surface area contributed by atoms with Crippen LogP contribution in [0.5, 0.6) is 0 Å². The number of rotatable bonds is 15. The summed E-state index contributed by atoms with van der Waals surface area (Å²) in [4.78, 5) is 0. The molecule has 0 amide bonds. The highest BCUT2D eigenvalue weighted by molar-refractivity contribution is 4.56. The van der Waals surface area contributed by atoms with Gasteiger partial charge in [0.1, 0.15) is 0 Å². The van der Waals surface area contributed by atoms with Gasteiger partial charge in [-0.05, 0) is 18.8 Å². The van der Waals surface area contributed by atoms with Crippen molar-refractivity contribution in [2.45, 2.75) is 118 Å². The second-order valence-electron chi connectivity index (χ2n) is 6.71. The molecule has 0 aromatic carbocycles. The van der Waals surface area contributed by atoms with Crippen LogP contribution in [0.1, 0.15) is 118 Å². The summed E-state index contributed by atoms with van der Waals surface area (Å²) < 4.78 is 0. The minimum absolute atomic E-state index is 0.383. The molecule has 1 unspecified atom stereocenters. The molecule has 0 bridgehead atoms. The van der Waals surface area contributed by atoms with Crippen LogP contribution in [0.2, 0.25) is 0 Å². The van der Waals surface area contributed by atoms with Crippen molar-refractivity contribution in [1.29, 1.82) is 0 Å². The van der Waals surface area contributed by atoms with Crippen molar-refractivity contribution in [3.8, 4) is 0 Å². The predicted octanol–water partition coefficient (Wildman–Crippen LogP) is 7.33. The lowest BCUT2D eigenvalue weighted by Gasteiger charge is -2.10. The quantitative estimate of drug-likeness (QED) is 0.314. The summed E-state index contributed by atoms with van der Waals surface area (Å²) in [5, 5.41) is 9.10. The van der Waals surface area contributed by atoms with E-state index < -0.39 is 0 Å². The average molecular weight is 314 g/mol. The maximum absolute atomic E-state index is 9.10. The highest BCUT2D eigenvalue weighted by atomic mass is 16.3. The van der Waals surface area contributed by atoms with Gasteiger partial charge in [0.25, 0.3) is 0 Å². The Kier molecular flexibility index (Phi) is 25.6. The number of hydrogen-bond acceptors (Lipinski definition) is 1. The van der Waals surface area contributed by atoms with Gasteiger partial charge >= 0.3 is 0 Å². The van der Waals surface area contributed by atoms with Gasteiger partial charge in [-0.2, -0.15) is 0 Å². The smallest absolute Gasteiger partial charge is 0.0459 e. The molecular formula is C21H45O. The third-order valence-electron chi connectivity index (χ3n) is 4.30. The molecule has 0 aliphatic carbocycles. The van der Waals surface area contributed by atoms with Gasteiger partial charge in [-0.25, -0.2) is 0 Å². The fraction of sp³-hybridized carbons (Fsp3) is 0.952. The molecule has 0 aliphatic rings. The maximum atomic E-state index is 9.10. The van der Waals surface area contributed by atoms with E-state index in [0.29, 0.717) is 12.5 Å². The highest BCUT2D eigenvalue weighted by Gasteiger charge is 2.03. The first kappa shape index (κ1) is 24.2. The van der Waals surface area contributed by atoms with Crippen LogP contribution in [0.25, 0.3) is 0 Å². The summed E-state index contributed by atoms with van der Waals surface area (Å²) in [7, 11) is 0. The molecule has 0 saturated carbocycles. The van der Waals surface area contributed by atoms with Crippen LogP contribution in [0.3, 0.4) is 0 Å². The number of unbranched alkanes of at least 4 members (excludes halogenated alkanes) is 11. The van der Waals surface area contributed by atoms with Gasteiger partial charge in [-0.1, -0.05) is 111 Å². The van der Waals surface area contributed by atoms with Crippen molar-refractivity contribution in [3.05, 3.63) is 6.42 Å². The van der Waals surface area contributed by atoms with E-state index in [1.807, 2.05) is 20.3 Å². The van der Waals surface area contributed by atoms with Gasteiger partial charge in [-0.15, -0.1) is 0 Å². The molecule has 0 rings (SSSR count). The molecular weight excluding hydrogens is 268 g/mol. The lowest BCUT2D eigenvalue weighted by molar-refractivity contribution is 0.211. The van der Waals surface area contributed by atoms with E-state index in [0.717, 1.165) is 6.42 Å². The van der Waals surface area contributed by atoms with Gasteiger partial charge in [-0.3, -0.25) is 0 Å². The molecule has 0 spiro atoms. The zero-order chi connectivity index (χ0) is 16.9. The zero-order valence-electron chi connectivity index (χ0n) is 16.2. The summed E-state index contributed by atoms with van der Waals surface area (Å²) in [5.41, 5.74) is 0. The molecule has 1 atom stereocenters. The molecule has 1 N–H and O–H groups in total. The van der Waals surface area contributed by atoms with Crippen LogP contribution < -0.4 is 0 Å². The molecule has 135 valence electrons. The molecule has 0 heterocycles. The van der Waals surface area contributed by atoms with Crippen LogP contribution in [0, 0.1) is 12.3 Å². The molecule has 0 fully saturated rings. The van der Waals surface area contributed by atoms with Crippen molar-refractivity contribution in [1.82, 2.24) is 0 Å². The fourth-order valence-corrected chi connectivity index (χ4v) is 2.70. The van der Waals surface area contributed by atoms with E-state index >= 15 is 0 Å². The Morgan fingerprint density at radius 3 is 1.36 bits per heavy atom. The number of aliphatic hydroxyl groups is 1. The summed E-state index contributed by atoms with van der Waals surface area (Å²) >= 11 is 0. The number of hydrogen-bond donors (Lipinski definition) is 1. The Balaban J connectivity index is 0. The van der Waals surface area contributed by atoms with Gasteiger partial charge in [0.05, 0.1) is 0 Å². The highest BCUT2D eigenvalue weighted by Crippen LogP contribution is 2.15. The number of aliphatic hydroxyl groups excluding tert-OH is 1. The topological polar surface area (TPSA) is 20.2 Å². The zero-order valence-corrected chi connectivity index (χ0v) is 16.2. The van der Waals surface area contributed by atoms with Crippen molar-refractivity contribution in [2.24, 2.45) is 5.92 Å². The second kappa shape index (κ2) is 23.2. The largest absolute Gasteiger partial charge is 0.396 e. The van der Waals surface area contributed by atoms with Crippen molar-refractivity contribution < 1.29 is 5.11 Å². The summed E-state index contributed by atoms with van der Waals surface area (Å²) in [5.74, 6) is 0.558. The SMILES string of the molecule is CCCCCCCCCCCCCCC(CC)CO.C[CH]C. The fourth-order valence-electron chi connectivity index (χ4n) is 2.70. The third kappa shape index (κ3) is 22.2. The first-order valence-corrected chi connectivity index (χ1v) is 10.1. The molecule has 22 heavy (non-hydrogen) atoms. The predicted molar refractivity (Wildman–Crippen MR) is 102 cm³/mol. The first-order valence-electron chi connectivity index (χ1n) is 10.1. The van der Waals surface area contributed by atoms with Crippen molar-refractivity contribution in [3.63, 3.8) is 0 Å². The maximum Gasteiger partial charge on any atom is 0.0459 e. The van der Waals surface area contributed by atoms with Gasteiger partial charge in [0.15, 0.2) is 0 Å². The van der Waals surface area contributed by atoms with Crippen molar-refractivity contribution >= 4 is 0 Å². The molecule has 0 saturated heterocycles. The molecule has 0 aromatic heterocycles. The first-order chi connectivity index (χ1) is 10.8. The van der Waals surface area contributed by atoms with Crippen LogP contribution in [0.15, 0.2) is 0 Å². The van der Waals surface area contributed by atoms with Gasteiger partial charge in [0.2, 0.25) is 0 Å². The van der Waals surface area contributed by atoms with Crippen LogP contribution >= 0.6 is 0 Å². The Morgan fingerprint density at radius 2 is 1.05 bits per heavy atom. The minimum atomic E-state index is 0.383. The molecule has 1 radical (unpaired) electrons. The van der Waals surface area contributed by atoms with E-state index in [-0.39, 0.29) is 0 Å². The Bertz CT molecular complexity index is 163. The summed E-state index contributed by atoms with van der Waals surface area (Å²) in [6.45, 7) is 8.85. The van der Waals surface area contributed by atoms with Gasteiger partial charge < -0.3 is 5.11 Å². The van der Waals surface area contributed by atoms with E-state index in [1.165, 1.54) is 83.5 Å². The third-order valence-corrected chi connectivity index (χ3v) is 4.30. The minimum Gasteiger partial charge on any atom is -0.396 e. The second-order valence-corrected chi connectivity index (χ2v) is 6.71. The van der Waals surface area contributed by atoms with Crippen LogP contribution in [-0.4, -0.2) is 11.7 Å². The van der Waals surface area contributed by atoms with E-state index in [2.05, 4.69) is 13.8 Å². The van der Waals surface area contributed by atoms with Crippen LogP contribution in [0.4, 0.5) is 0 Å². The Morgan fingerprint density at radius 1 is 0.682 bits per heavy atom. The monoisotopic (exact) mass is 313 g/mol. The molecule has 0 aliphatic heterocycles. The van der Waals surface area contributed by atoms with Gasteiger partial charge in [0, 0.05) is 6.61 Å². The van der Waals surface area contributed by atoms with Crippen LogP contribution in [-0.2, 0) is 0 Å². The summed E-state index contributed by atoms with van der Waals surface area (Å²) in [6, 6.07) is 0. The van der Waals surface area contributed by atoms with E-state index in [4.69, 9.17) is 5.11 Å². The lowest BCUT2D eigenvalue weighted by atomic mass is 9.98. The van der Waals surface area contributed by atoms with Crippen molar-refractivity contribution in [2.75, 3.05) is 6.61 Å². The molecule has 0 aromatic rings. The molecule has 1 nitrogen and oxygen atoms in total.